The molecule has 106 valence electrons. The maximum atomic E-state index is 12.2. The average Bonchev–Trinajstić information content (AvgIpc) is 3.00. The molecule has 1 atom stereocenters. The monoisotopic (exact) mass is 306 g/mol. The summed E-state index contributed by atoms with van der Waals surface area (Å²) in [6.07, 6.45) is 3.47. The lowest BCUT2D eigenvalue weighted by Crippen LogP contribution is -2.29. The molecule has 1 aliphatic carbocycles. The summed E-state index contributed by atoms with van der Waals surface area (Å²) in [5, 5.41) is 6.19. The fraction of sp³-hybridized carbons (Fsp3) is 0.467. The third kappa shape index (κ3) is 2.65. The van der Waals surface area contributed by atoms with E-state index in [0.717, 1.165) is 28.3 Å². The number of aromatic nitrogens is 1. The van der Waals surface area contributed by atoms with Crippen LogP contribution in [0.25, 0.3) is 0 Å². The predicted molar refractivity (Wildman–Crippen MR) is 83.9 cm³/mol. The summed E-state index contributed by atoms with van der Waals surface area (Å²) in [7, 11) is 0. The molecule has 1 amide bonds. The van der Waals surface area contributed by atoms with Crippen LogP contribution in [0.5, 0.6) is 0 Å². The number of amides is 1. The number of nitrogens with zero attached hydrogens (tertiary/aromatic N) is 1. The number of fused-ring (bicyclic) bond motifs is 1. The van der Waals surface area contributed by atoms with Gasteiger partial charge in [0.05, 0.1) is 15.6 Å². The summed E-state index contributed by atoms with van der Waals surface area (Å²) < 4.78 is 0. The van der Waals surface area contributed by atoms with Crippen molar-refractivity contribution >= 4 is 28.6 Å². The van der Waals surface area contributed by atoms with Crippen molar-refractivity contribution in [1.82, 2.24) is 10.3 Å². The van der Waals surface area contributed by atoms with Crippen molar-refractivity contribution in [1.29, 1.82) is 0 Å². The highest BCUT2D eigenvalue weighted by Crippen LogP contribution is 2.34. The highest BCUT2D eigenvalue weighted by molar-refractivity contribution is 7.12. The van der Waals surface area contributed by atoms with E-state index in [0.29, 0.717) is 12.5 Å². The number of carbonyl (C=O) groups excluding carboxylic acids is 1. The van der Waals surface area contributed by atoms with Gasteiger partial charge in [-0.1, -0.05) is 0 Å². The van der Waals surface area contributed by atoms with Crippen LogP contribution in [0, 0.1) is 13.8 Å². The van der Waals surface area contributed by atoms with Gasteiger partial charge in [0.2, 0.25) is 0 Å². The Bertz CT molecular complexity index is 630. The van der Waals surface area contributed by atoms with E-state index in [1.807, 2.05) is 18.4 Å². The molecule has 3 nitrogen and oxygen atoms in total. The Kier molecular flexibility index (Phi) is 3.89. The minimum absolute atomic E-state index is 0.0524. The zero-order valence-corrected chi connectivity index (χ0v) is 13.4. The molecule has 5 heteroatoms. The number of aryl methyl sites for hydroxylation is 3. The van der Waals surface area contributed by atoms with E-state index < -0.39 is 0 Å². The van der Waals surface area contributed by atoms with Crippen LogP contribution in [-0.4, -0.2) is 17.4 Å². The van der Waals surface area contributed by atoms with Crippen LogP contribution in [0.2, 0.25) is 0 Å². The van der Waals surface area contributed by atoms with Gasteiger partial charge >= 0.3 is 0 Å². The molecule has 0 aromatic carbocycles. The largest absolute Gasteiger partial charge is 0.351 e. The first-order chi connectivity index (χ1) is 9.65. The lowest BCUT2D eigenvalue weighted by atomic mass is 9.91. The Morgan fingerprint density at radius 2 is 2.35 bits per heavy atom. The Morgan fingerprint density at radius 1 is 1.50 bits per heavy atom. The fourth-order valence-electron chi connectivity index (χ4n) is 2.73. The first-order valence-corrected chi connectivity index (χ1v) is 8.63. The molecule has 0 radical (unpaired) electrons. The Labute approximate surface area is 127 Å². The molecular weight excluding hydrogens is 288 g/mol. The highest BCUT2D eigenvalue weighted by atomic mass is 32.1. The van der Waals surface area contributed by atoms with Crippen molar-refractivity contribution in [3.63, 3.8) is 0 Å². The molecule has 0 aliphatic heterocycles. The Hall–Kier alpha value is -1.20. The molecule has 0 spiro atoms. The highest BCUT2D eigenvalue weighted by Gasteiger charge is 2.24. The molecule has 1 unspecified atom stereocenters. The summed E-state index contributed by atoms with van der Waals surface area (Å²) in [4.78, 5) is 19.1. The molecule has 3 rings (SSSR count). The molecule has 0 saturated carbocycles. The minimum Gasteiger partial charge on any atom is -0.351 e. The second-order valence-corrected chi connectivity index (χ2v) is 7.48. The molecule has 2 heterocycles. The Balaban J connectivity index is 1.68. The average molecular weight is 306 g/mol. The summed E-state index contributed by atoms with van der Waals surface area (Å²) in [6.45, 7) is 4.74. The van der Waals surface area contributed by atoms with E-state index in [1.54, 1.807) is 11.3 Å². The number of thiazole rings is 1. The van der Waals surface area contributed by atoms with Gasteiger partial charge in [-0.3, -0.25) is 4.79 Å². The summed E-state index contributed by atoms with van der Waals surface area (Å²) in [5.41, 5.74) is 2.28. The maximum Gasteiger partial charge on any atom is 0.261 e. The van der Waals surface area contributed by atoms with Crippen LogP contribution in [0.15, 0.2) is 11.4 Å². The molecule has 2 aromatic rings. The van der Waals surface area contributed by atoms with Gasteiger partial charge in [0.25, 0.3) is 5.91 Å². The smallest absolute Gasteiger partial charge is 0.261 e. The van der Waals surface area contributed by atoms with Crippen LogP contribution >= 0.6 is 22.7 Å². The van der Waals surface area contributed by atoms with Crippen LogP contribution in [0.1, 0.15) is 49.6 Å². The molecular formula is C15H18N2OS2. The van der Waals surface area contributed by atoms with E-state index in [-0.39, 0.29) is 5.91 Å². The summed E-state index contributed by atoms with van der Waals surface area (Å²) >= 11 is 3.32. The first-order valence-electron chi connectivity index (χ1n) is 6.93. The Morgan fingerprint density at radius 3 is 3.10 bits per heavy atom. The third-order valence-corrected chi connectivity index (χ3v) is 5.82. The van der Waals surface area contributed by atoms with Gasteiger partial charge in [0.1, 0.15) is 0 Å². The molecule has 0 fully saturated rings. The summed E-state index contributed by atoms with van der Waals surface area (Å²) in [6, 6.07) is 1.99. The standard InChI is InChI=1S/C15H18N2OS2/c1-9-6-7-19-14(9)15(18)16-8-11-4-3-5-12-13(11)17-10(2)20-12/h6-7,11H,3-5,8H2,1-2H3,(H,16,18). The van der Waals surface area contributed by atoms with Crippen molar-refractivity contribution in [2.75, 3.05) is 6.54 Å². The van der Waals surface area contributed by atoms with Gasteiger partial charge < -0.3 is 5.32 Å². The van der Waals surface area contributed by atoms with E-state index in [2.05, 4.69) is 17.2 Å². The number of rotatable bonds is 3. The molecule has 20 heavy (non-hydrogen) atoms. The molecule has 1 aliphatic rings. The second-order valence-electron chi connectivity index (χ2n) is 5.27. The van der Waals surface area contributed by atoms with E-state index in [1.165, 1.54) is 28.3 Å². The van der Waals surface area contributed by atoms with Crippen molar-refractivity contribution < 1.29 is 4.79 Å². The first kappa shape index (κ1) is 13.8. The SMILES string of the molecule is Cc1nc2c(s1)CCCC2CNC(=O)c1sccc1C. The number of thiophene rings is 1. The zero-order chi connectivity index (χ0) is 14.1. The number of carbonyl (C=O) groups is 1. The van der Waals surface area contributed by atoms with Crippen LogP contribution in [0.4, 0.5) is 0 Å². The topological polar surface area (TPSA) is 42.0 Å². The van der Waals surface area contributed by atoms with Crippen LogP contribution in [-0.2, 0) is 6.42 Å². The van der Waals surface area contributed by atoms with Crippen molar-refractivity contribution in [2.24, 2.45) is 0 Å². The lowest BCUT2D eigenvalue weighted by molar-refractivity contribution is 0.0953. The molecule has 1 N–H and O–H groups in total. The molecule has 2 aromatic heterocycles. The number of nitrogens with one attached hydrogen (secondary N) is 1. The van der Waals surface area contributed by atoms with Gasteiger partial charge in [0.15, 0.2) is 0 Å². The zero-order valence-electron chi connectivity index (χ0n) is 11.7. The van der Waals surface area contributed by atoms with E-state index >= 15 is 0 Å². The third-order valence-electron chi connectivity index (χ3n) is 3.75. The fourth-order valence-corrected chi connectivity index (χ4v) is 4.63. The molecule has 0 saturated heterocycles. The number of hydrogen-bond acceptors (Lipinski definition) is 4. The van der Waals surface area contributed by atoms with Crippen molar-refractivity contribution in [2.45, 2.75) is 39.0 Å². The number of hydrogen-bond donors (Lipinski definition) is 1. The maximum absolute atomic E-state index is 12.2. The van der Waals surface area contributed by atoms with E-state index in [4.69, 9.17) is 0 Å². The predicted octanol–water partition coefficient (Wildman–Crippen LogP) is 3.67. The summed E-state index contributed by atoms with van der Waals surface area (Å²) in [5.74, 6) is 0.435. The lowest BCUT2D eigenvalue weighted by Gasteiger charge is -2.21. The van der Waals surface area contributed by atoms with Crippen molar-refractivity contribution in [3.05, 3.63) is 37.5 Å². The second kappa shape index (κ2) is 5.66. The van der Waals surface area contributed by atoms with Crippen molar-refractivity contribution in [3.8, 4) is 0 Å². The minimum atomic E-state index is 0.0524. The normalized spacial score (nSPS) is 17.8. The van der Waals surface area contributed by atoms with Gasteiger partial charge in [-0.25, -0.2) is 4.98 Å². The van der Waals surface area contributed by atoms with Gasteiger partial charge in [-0.05, 0) is 50.1 Å². The van der Waals surface area contributed by atoms with Gasteiger partial charge in [0, 0.05) is 17.3 Å². The van der Waals surface area contributed by atoms with Gasteiger partial charge in [-0.15, -0.1) is 22.7 Å². The van der Waals surface area contributed by atoms with Crippen LogP contribution < -0.4 is 5.32 Å². The van der Waals surface area contributed by atoms with E-state index in [9.17, 15) is 4.79 Å². The molecule has 0 bridgehead atoms. The van der Waals surface area contributed by atoms with Crippen LogP contribution in [0.3, 0.4) is 0 Å². The van der Waals surface area contributed by atoms with Gasteiger partial charge in [-0.2, -0.15) is 0 Å². The quantitative estimate of drug-likeness (QED) is 0.940.